The van der Waals surface area contributed by atoms with E-state index in [0.717, 1.165) is 44.5 Å². The Bertz CT molecular complexity index is 515. The number of carbonyl (C=O) groups excluding carboxylic acids is 1. The molecule has 1 aromatic carbocycles. The highest BCUT2D eigenvalue weighted by atomic mass is 16.5. The largest absolute Gasteiger partial charge is 0.497 e. The van der Waals surface area contributed by atoms with Gasteiger partial charge in [0.05, 0.1) is 13.2 Å². The van der Waals surface area contributed by atoms with E-state index in [-0.39, 0.29) is 17.4 Å². The van der Waals surface area contributed by atoms with Gasteiger partial charge < -0.3 is 15.4 Å². The zero-order valence-corrected chi connectivity index (χ0v) is 14.1. The number of nitrogens with one attached hydrogen (secondary N) is 2. The van der Waals surface area contributed by atoms with Gasteiger partial charge in [-0.3, -0.25) is 4.79 Å². The molecule has 1 amide bonds. The van der Waals surface area contributed by atoms with E-state index >= 15 is 0 Å². The van der Waals surface area contributed by atoms with Gasteiger partial charge in [-0.25, -0.2) is 0 Å². The molecule has 2 N–H and O–H groups in total. The maximum absolute atomic E-state index is 12.4. The van der Waals surface area contributed by atoms with Crippen molar-refractivity contribution in [2.24, 2.45) is 0 Å². The average Bonchev–Trinajstić information content (AvgIpc) is 3.15. The van der Waals surface area contributed by atoms with Gasteiger partial charge in [0.1, 0.15) is 5.75 Å². The van der Waals surface area contributed by atoms with Crippen molar-refractivity contribution in [2.75, 3.05) is 20.2 Å². The van der Waals surface area contributed by atoms with Gasteiger partial charge in [-0.05, 0) is 49.9 Å². The molecule has 1 aliphatic carbocycles. The van der Waals surface area contributed by atoms with Gasteiger partial charge in [0.15, 0.2) is 0 Å². The Morgan fingerprint density at radius 1 is 1.22 bits per heavy atom. The molecule has 3 rings (SSSR count). The van der Waals surface area contributed by atoms with Crippen molar-refractivity contribution >= 4 is 5.91 Å². The van der Waals surface area contributed by atoms with Gasteiger partial charge >= 0.3 is 0 Å². The topological polar surface area (TPSA) is 50.4 Å². The Morgan fingerprint density at radius 3 is 2.57 bits per heavy atom. The summed E-state index contributed by atoms with van der Waals surface area (Å²) in [5.74, 6) is 1.06. The Labute approximate surface area is 139 Å². The zero-order chi connectivity index (χ0) is 16.1. The highest BCUT2D eigenvalue weighted by molar-refractivity contribution is 5.82. The van der Waals surface area contributed by atoms with Crippen molar-refractivity contribution < 1.29 is 9.53 Å². The van der Waals surface area contributed by atoms with Crippen molar-refractivity contribution in [3.8, 4) is 5.75 Å². The fraction of sp³-hybridized carbons (Fsp3) is 0.632. The van der Waals surface area contributed by atoms with Crippen LogP contribution in [0.3, 0.4) is 0 Å². The van der Waals surface area contributed by atoms with Gasteiger partial charge in [0, 0.05) is 12.0 Å². The van der Waals surface area contributed by atoms with Crippen LogP contribution in [0.1, 0.15) is 50.5 Å². The highest BCUT2D eigenvalue weighted by Gasteiger charge is 2.35. The third kappa shape index (κ3) is 3.69. The summed E-state index contributed by atoms with van der Waals surface area (Å²) in [7, 11) is 1.69. The van der Waals surface area contributed by atoms with Crippen molar-refractivity contribution in [3.05, 3.63) is 29.8 Å². The van der Waals surface area contributed by atoms with Crippen molar-refractivity contribution in [1.82, 2.24) is 10.6 Å². The number of hydrogen-bond donors (Lipinski definition) is 2. The lowest BCUT2D eigenvalue weighted by molar-refractivity contribution is -0.123. The summed E-state index contributed by atoms with van der Waals surface area (Å²) in [5.41, 5.74) is 1.41. The van der Waals surface area contributed by atoms with Crippen LogP contribution in [0.15, 0.2) is 24.3 Å². The second kappa shape index (κ2) is 7.35. The molecule has 126 valence electrons. The lowest BCUT2D eigenvalue weighted by atomic mass is 9.69. The van der Waals surface area contributed by atoms with E-state index in [1.54, 1.807) is 7.11 Å². The summed E-state index contributed by atoms with van der Waals surface area (Å²) in [6.07, 6.45) is 8.14. The molecule has 0 radical (unpaired) electrons. The first-order valence-corrected chi connectivity index (χ1v) is 8.89. The van der Waals surface area contributed by atoms with E-state index < -0.39 is 0 Å². The lowest BCUT2D eigenvalue weighted by Gasteiger charge is -2.38. The Kier molecular flexibility index (Phi) is 5.21. The van der Waals surface area contributed by atoms with E-state index in [1.165, 1.54) is 24.8 Å². The van der Waals surface area contributed by atoms with Crippen molar-refractivity contribution in [1.29, 1.82) is 0 Å². The number of carbonyl (C=O) groups is 1. The molecular weight excluding hydrogens is 288 g/mol. The van der Waals surface area contributed by atoms with Crippen LogP contribution >= 0.6 is 0 Å². The summed E-state index contributed by atoms with van der Waals surface area (Å²) in [6.45, 7) is 1.71. The normalized spacial score (nSPS) is 23.4. The molecule has 0 aromatic heterocycles. The fourth-order valence-corrected chi connectivity index (χ4v) is 4.03. The molecule has 1 atom stereocenters. The molecule has 1 aliphatic heterocycles. The minimum atomic E-state index is 0.00603. The van der Waals surface area contributed by atoms with E-state index in [0.29, 0.717) is 0 Å². The molecule has 1 heterocycles. The number of hydrogen-bond acceptors (Lipinski definition) is 3. The van der Waals surface area contributed by atoms with Crippen LogP contribution in [-0.4, -0.2) is 32.1 Å². The van der Waals surface area contributed by atoms with Crippen LogP contribution < -0.4 is 15.4 Å². The maximum atomic E-state index is 12.4. The third-order valence-electron chi connectivity index (χ3n) is 5.49. The van der Waals surface area contributed by atoms with Gasteiger partial charge in [0.2, 0.25) is 5.91 Å². The molecule has 0 bridgehead atoms. The number of methoxy groups -OCH3 is 1. The van der Waals surface area contributed by atoms with Gasteiger partial charge in [-0.15, -0.1) is 0 Å². The fourth-order valence-electron chi connectivity index (χ4n) is 4.03. The SMILES string of the molecule is COc1ccc(C2(CNC(=O)C3CCCN3)CCCCC2)cc1. The van der Waals surface area contributed by atoms with E-state index in [1.807, 2.05) is 12.1 Å². The Hall–Kier alpha value is -1.55. The third-order valence-corrected chi connectivity index (χ3v) is 5.49. The molecule has 4 nitrogen and oxygen atoms in total. The first-order chi connectivity index (χ1) is 11.2. The standard InChI is InChI=1S/C19H28N2O2/c1-23-16-9-7-15(8-10-16)19(11-3-2-4-12-19)14-21-18(22)17-6-5-13-20-17/h7-10,17,20H,2-6,11-14H2,1H3,(H,21,22). The molecule has 1 unspecified atom stereocenters. The molecule has 2 fully saturated rings. The molecular formula is C19H28N2O2. The zero-order valence-electron chi connectivity index (χ0n) is 14.1. The number of ether oxygens (including phenoxy) is 1. The van der Waals surface area contributed by atoms with Crippen molar-refractivity contribution in [3.63, 3.8) is 0 Å². The lowest BCUT2D eigenvalue weighted by Crippen LogP contribution is -2.47. The molecule has 1 aromatic rings. The molecule has 2 aliphatic rings. The predicted octanol–water partition coefficient (Wildman–Crippen LogP) is 2.77. The highest BCUT2D eigenvalue weighted by Crippen LogP contribution is 2.39. The second-order valence-corrected chi connectivity index (χ2v) is 6.94. The molecule has 23 heavy (non-hydrogen) atoms. The summed E-state index contributed by atoms with van der Waals surface area (Å²) in [4.78, 5) is 12.4. The molecule has 1 saturated carbocycles. The first kappa shape index (κ1) is 16.3. The summed E-state index contributed by atoms with van der Waals surface area (Å²) in [6, 6.07) is 8.42. The van der Waals surface area contributed by atoms with Crippen LogP contribution in [0.5, 0.6) is 5.75 Å². The van der Waals surface area contributed by atoms with Gasteiger partial charge in [-0.2, -0.15) is 0 Å². The van der Waals surface area contributed by atoms with Crippen LogP contribution in [0.4, 0.5) is 0 Å². The van der Waals surface area contributed by atoms with Crippen LogP contribution in [0.2, 0.25) is 0 Å². The predicted molar refractivity (Wildman–Crippen MR) is 91.8 cm³/mol. The number of rotatable bonds is 5. The van der Waals surface area contributed by atoms with Gasteiger partial charge in [-0.1, -0.05) is 31.4 Å². The van der Waals surface area contributed by atoms with E-state index in [4.69, 9.17) is 4.74 Å². The monoisotopic (exact) mass is 316 g/mol. The summed E-state index contributed by atoms with van der Waals surface area (Å²) in [5, 5.41) is 6.51. The average molecular weight is 316 g/mol. The van der Waals surface area contributed by atoms with Gasteiger partial charge in [0.25, 0.3) is 0 Å². The number of amides is 1. The first-order valence-electron chi connectivity index (χ1n) is 8.89. The quantitative estimate of drug-likeness (QED) is 0.878. The van der Waals surface area contributed by atoms with Crippen molar-refractivity contribution in [2.45, 2.75) is 56.4 Å². The van der Waals surface area contributed by atoms with E-state index in [9.17, 15) is 4.79 Å². The minimum absolute atomic E-state index is 0.00603. The molecule has 4 heteroatoms. The maximum Gasteiger partial charge on any atom is 0.237 e. The Morgan fingerprint density at radius 2 is 1.96 bits per heavy atom. The smallest absolute Gasteiger partial charge is 0.237 e. The van der Waals surface area contributed by atoms with Crippen LogP contribution in [0, 0.1) is 0 Å². The summed E-state index contributed by atoms with van der Waals surface area (Å²) >= 11 is 0. The summed E-state index contributed by atoms with van der Waals surface area (Å²) < 4.78 is 5.28. The molecule has 1 saturated heterocycles. The molecule has 0 spiro atoms. The Balaban J connectivity index is 1.71. The number of benzene rings is 1. The van der Waals surface area contributed by atoms with E-state index in [2.05, 4.69) is 22.8 Å². The second-order valence-electron chi connectivity index (χ2n) is 6.94. The minimum Gasteiger partial charge on any atom is -0.497 e. The van der Waals surface area contributed by atoms with Crippen LogP contribution in [0.25, 0.3) is 0 Å². The van der Waals surface area contributed by atoms with Crippen LogP contribution in [-0.2, 0) is 10.2 Å².